The van der Waals surface area contributed by atoms with Crippen LogP contribution in [0.1, 0.15) is 23.9 Å². The summed E-state index contributed by atoms with van der Waals surface area (Å²) in [5, 5.41) is 16.6. The van der Waals surface area contributed by atoms with Crippen molar-refractivity contribution >= 4 is 34.8 Å². The molecule has 0 N–H and O–H groups in total. The van der Waals surface area contributed by atoms with E-state index in [0.29, 0.717) is 5.69 Å². The zero-order chi connectivity index (χ0) is 14.0. The fourth-order valence-corrected chi connectivity index (χ4v) is 2.17. The molecule has 1 aromatic heterocycles. The van der Waals surface area contributed by atoms with E-state index in [-0.39, 0.29) is 11.4 Å². The fourth-order valence-electron chi connectivity index (χ4n) is 1.67. The smallest absolute Gasteiger partial charge is 0.212 e. The minimum Gasteiger partial charge on any atom is -0.212 e. The normalized spacial score (nSPS) is 11.3. The van der Waals surface area contributed by atoms with E-state index in [0.717, 1.165) is 6.42 Å². The second kappa shape index (κ2) is 5.38. The summed E-state index contributed by atoms with van der Waals surface area (Å²) in [6.45, 7) is 2.06. The Balaban J connectivity index is 2.56. The van der Waals surface area contributed by atoms with Crippen LogP contribution in [0.15, 0.2) is 24.3 Å². The maximum absolute atomic E-state index is 8.98. The highest BCUT2D eigenvalue weighted by Gasteiger charge is 2.33. The number of rotatable bonds is 2. The Morgan fingerprint density at radius 3 is 2.37 bits per heavy atom. The molecule has 0 aliphatic rings. The van der Waals surface area contributed by atoms with Crippen molar-refractivity contribution in [1.29, 1.82) is 5.26 Å². The molecule has 0 fully saturated rings. The third-order valence-electron chi connectivity index (χ3n) is 2.63. The molecule has 2 rings (SSSR count). The van der Waals surface area contributed by atoms with Gasteiger partial charge in [0.1, 0.15) is 11.8 Å². The minimum atomic E-state index is -1.77. The summed E-state index contributed by atoms with van der Waals surface area (Å²) in [6.07, 6.45) is 0.929. The van der Waals surface area contributed by atoms with Crippen LogP contribution in [0.25, 0.3) is 5.69 Å². The van der Waals surface area contributed by atoms with Gasteiger partial charge in [-0.15, -0.1) is 5.10 Å². The van der Waals surface area contributed by atoms with E-state index in [1.807, 2.05) is 30.3 Å². The minimum absolute atomic E-state index is 0.000400. The van der Waals surface area contributed by atoms with E-state index < -0.39 is 3.79 Å². The van der Waals surface area contributed by atoms with Crippen LogP contribution in [0.4, 0.5) is 0 Å². The number of hydrogen-bond acceptors (Lipinski definition) is 3. The monoisotopic (exact) mass is 314 g/mol. The van der Waals surface area contributed by atoms with Crippen LogP contribution >= 0.6 is 34.8 Å². The molecule has 1 aromatic carbocycles. The van der Waals surface area contributed by atoms with Gasteiger partial charge in [0.2, 0.25) is 3.79 Å². The molecule has 0 atom stereocenters. The molecule has 0 radical (unpaired) electrons. The lowest BCUT2D eigenvalue weighted by Crippen LogP contribution is -2.11. The lowest BCUT2D eigenvalue weighted by Gasteiger charge is -2.13. The number of nitriles is 1. The molecule has 0 amide bonds. The van der Waals surface area contributed by atoms with Crippen molar-refractivity contribution in [1.82, 2.24) is 15.0 Å². The predicted octanol–water partition coefficient (Wildman–Crippen LogP) is 3.53. The molecule has 7 heteroatoms. The van der Waals surface area contributed by atoms with Crippen LogP contribution in [-0.2, 0) is 10.2 Å². The van der Waals surface area contributed by atoms with Crippen molar-refractivity contribution in [2.75, 3.05) is 0 Å². The number of aryl methyl sites for hydroxylation is 1. The van der Waals surface area contributed by atoms with Gasteiger partial charge in [-0.2, -0.15) is 5.26 Å². The molecule has 4 nitrogen and oxygen atoms in total. The quantitative estimate of drug-likeness (QED) is 0.797. The number of halogens is 3. The Hall–Kier alpha value is -1.28. The van der Waals surface area contributed by atoms with Crippen LogP contribution in [0, 0.1) is 11.3 Å². The maximum Gasteiger partial charge on any atom is 0.235 e. The molecule has 2 aromatic rings. The highest BCUT2D eigenvalue weighted by Crippen LogP contribution is 2.40. The number of aromatic nitrogens is 3. The van der Waals surface area contributed by atoms with Crippen molar-refractivity contribution in [3.05, 3.63) is 41.2 Å². The molecule has 0 saturated heterocycles. The van der Waals surface area contributed by atoms with E-state index in [1.165, 1.54) is 10.2 Å². The number of hydrogen-bond donors (Lipinski definition) is 0. The largest absolute Gasteiger partial charge is 0.235 e. The van der Waals surface area contributed by atoms with Crippen LogP contribution in [0.2, 0.25) is 0 Å². The molecule has 0 unspecified atom stereocenters. The number of alkyl halides is 3. The molecule has 0 aliphatic heterocycles. The van der Waals surface area contributed by atoms with Gasteiger partial charge in [-0.3, -0.25) is 0 Å². The maximum atomic E-state index is 8.98. The third-order valence-corrected chi connectivity index (χ3v) is 3.17. The van der Waals surface area contributed by atoms with Gasteiger partial charge in [0, 0.05) is 0 Å². The van der Waals surface area contributed by atoms with Crippen LogP contribution < -0.4 is 0 Å². The Labute approximate surface area is 125 Å². The first kappa shape index (κ1) is 14.1. The van der Waals surface area contributed by atoms with Crippen LogP contribution in [-0.4, -0.2) is 15.0 Å². The standard InChI is InChI=1S/C12H9Cl3N4/c1-2-8-3-5-9(6-4-8)19-11(12(13,14)15)10(7-16)17-18-19/h3-6H,2H2,1H3. The molecule has 0 bridgehead atoms. The average Bonchev–Trinajstić information content (AvgIpc) is 2.82. The van der Waals surface area contributed by atoms with Gasteiger partial charge in [0.15, 0.2) is 5.69 Å². The highest BCUT2D eigenvalue weighted by molar-refractivity contribution is 6.66. The highest BCUT2D eigenvalue weighted by atomic mass is 35.6. The van der Waals surface area contributed by atoms with E-state index in [2.05, 4.69) is 17.2 Å². The van der Waals surface area contributed by atoms with E-state index in [1.54, 1.807) is 0 Å². The summed E-state index contributed by atoms with van der Waals surface area (Å²) >= 11 is 17.6. The zero-order valence-corrected chi connectivity index (χ0v) is 12.2. The molecule has 98 valence electrons. The lowest BCUT2D eigenvalue weighted by atomic mass is 10.1. The SMILES string of the molecule is CCc1ccc(-n2nnc(C#N)c2C(Cl)(Cl)Cl)cc1. The first-order valence-electron chi connectivity index (χ1n) is 5.49. The number of nitrogens with zero attached hydrogens (tertiary/aromatic N) is 4. The Morgan fingerprint density at radius 1 is 1.26 bits per heavy atom. The first-order valence-corrected chi connectivity index (χ1v) is 6.63. The van der Waals surface area contributed by atoms with Crippen molar-refractivity contribution in [2.24, 2.45) is 0 Å². The summed E-state index contributed by atoms with van der Waals surface area (Å²) < 4.78 is -0.400. The summed E-state index contributed by atoms with van der Waals surface area (Å²) in [5.41, 5.74) is 2.01. The van der Waals surface area contributed by atoms with E-state index >= 15 is 0 Å². The summed E-state index contributed by atoms with van der Waals surface area (Å²) in [5.74, 6) is 0. The lowest BCUT2D eigenvalue weighted by molar-refractivity contribution is 0.770. The molecule has 0 aliphatic carbocycles. The molecular weight excluding hydrogens is 307 g/mol. The topological polar surface area (TPSA) is 54.5 Å². The second-order valence-electron chi connectivity index (χ2n) is 3.83. The van der Waals surface area contributed by atoms with Gasteiger partial charge in [0.05, 0.1) is 5.69 Å². The Kier molecular flexibility index (Phi) is 4.00. The van der Waals surface area contributed by atoms with Gasteiger partial charge in [0.25, 0.3) is 0 Å². The summed E-state index contributed by atoms with van der Waals surface area (Å²) in [6, 6.07) is 9.45. The zero-order valence-electron chi connectivity index (χ0n) is 9.94. The first-order chi connectivity index (χ1) is 8.97. The van der Waals surface area contributed by atoms with Crippen molar-refractivity contribution < 1.29 is 0 Å². The predicted molar refractivity (Wildman–Crippen MR) is 74.7 cm³/mol. The molecule has 19 heavy (non-hydrogen) atoms. The van der Waals surface area contributed by atoms with Crippen LogP contribution in [0.3, 0.4) is 0 Å². The molecule has 0 saturated carbocycles. The van der Waals surface area contributed by atoms with Gasteiger partial charge in [-0.1, -0.05) is 59.1 Å². The second-order valence-corrected chi connectivity index (χ2v) is 6.11. The molecule has 0 spiro atoms. The third kappa shape index (κ3) is 2.84. The van der Waals surface area contributed by atoms with Gasteiger partial charge in [-0.25, -0.2) is 4.68 Å². The molecule has 1 heterocycles. The van der Waals surface area contributed by atoms with Crippen molar-refractivity contribution in [3.63, 3.8) is 0 Å². The van der Waals surface area contributed by atoms with Crippen molar-refractivity contribution in [2.45, 2.75) is 17.1 Å². The van der Waals surface area contributed by atoms with Gasteiger partial charge in [-0.05, 0) is 24.1 Å². The number of benzene rings is 1. The van der Waals surface area contributed by atoms with Gasteiger partial charge >= 0.3 is 0 Å². The molecular formula is C12H9Cl3N4. The van der Waals surface area contributed by atoms with Crippen molar-refractivity contribution in [3.8, 4) is 11.8 Å². The van der Waals surface area contributed by atoms with Crippen LogP contribution in [0.5, 0.6) is 0 Å². The van der Waals surface area contributed by atoms with E-state index in [4.69, 9.17) is 40.1 Å². The average molecular weight is 316 g/mol. The fraction of sp³-hybridized carbons (Fsp3) is 0.250. The van der Waals surface area contributed by atoms with Gasteiger partial charge < -0.3 is 0 Å². The Bertz CT molecular complexity index is 620. The van der Waals surface area contributed by atoms with E-state index in [9.17, 15) is 0 Å². The summed E-state index contributed by atoms with van der Waals surface area (Å²) in [4.78, 5) is 0. The Morgan fingerprint density at radius 2 is 1.89 bits per heavy atom. The summed E-state index contributed by atoms with van der Waals surface area (Å²) in [7, 11) is 0.